The molecule has 6 heteroatoms. The summed E-state index contributed by atoms with van der Waals surface area (Å²) in [6.45, 7) is 0. The van der Waals surface area contributed by atoms with E-state index >= 15 is 0 Å². The van der Waals surface area contributed by atoms with Gasteiger partial charge in [-0.05, 0) is 48.7 Å². The lowest BCUT2D eigenvalue weighted by Gasteiger charge is -2.13. The second-order valence-electron chi connectivity index (χ2n) is 5.84. The molecule has 1 heterocycles. The highest BCUT2D eigenvalue weighted by molar-refractivity contribution is 5.92. The van der Waals surface area contributed by atoms with Gasteiger partial charge in [-0.3, -0.25) is 4.79 Å². The molecular formula is C18H20N4O2. The summed E-state index contributed by atoms with van der Waals surface area (Å²) in [7, 11) is 3.59. The van der Waals surface area contributed by atoms with Crippen molar-refractivity contribution >= 4 is 17.8 Å². The first-order valence-electron chi connectivity index (χ1n) is 7.88. The Bertz CT molecular complexity index is 767. The third-order valence-corrected chi connectivity index (χ3v) is 4.08. The van der Waals surface area contributed by atoms with Crippen molar-refractivity contribution in [1.82, 2.24) is 15.1 Å². The van der Waals surface area contributed by atoms with E-state index in [-0.39, 0.29) is 11.7 Å². The van der Waals surface area contributed by atoms with Crippen LogP contribution in [0.5, 0.6) is 5.75 Å². The van der Waals surface area contributed by atoms with Gasteiger partial charge in [0.2, 0.25) is 5.91 Å². The number of aromatic hydroxyl groups is 1. The number of carbonyl (C=O) groups excluding carboxylic acids is 1. The van der Waals surface area contributed by atoms with Crippen LogP contribution in [0.3, 0.4) is 0 Å². The van der Waals surface area contributed by atoms with Crippen LogP contribution in [0.2, 0.25) is 0 Å². The molecule has 3 rings (SSSR count). The van der Waals surface area contributed by atoms with E-state index in [0.29, 0.717) is 23.1 Å². The van der Waals surface area contributed by atoms with Crippen molar-refractivity contribution in [2.75, 3.05) is 19.4 Å². The number of anilines is 1. The number of hydrogen-bond donors (Lipinski definition) is 2. The number of carbonyl (C=O) groups is 1. The quantitative estimate of drug-likeness (QED) is 0.826. The SMILES string of the molecule is CNc1ccc(-c2ccc(/C=C/C(=O)N(C)C3CC3)cc2O)nn1. The zero-order valence-corrected chi connectivity index (χ0v) is 13.7. The lowest BCUT2D eigenvalue weighted by Crippen LogP contribution is -2.26. The Balaban J connectivity index is 1.75. The second-order valence-corrected chi connectivity index (χ2v) is 5.84. The predicted molar refractivity (Wildman–Crippen MR) is 93.5 cm³/mol. The molecule has 124 valence electrons. The highest BCUT2D eigenvalue weighted by atomic mass is 16.3. The number of rotatable bonds is 5. The van der Waals surface area contributed by atoms with E-state index in [2.05, 4.69) is 15.5 Å². The molecule has 0 atom stereocenters. The van der Waals surface area contributed by atoms with Gasteiger partial charge in [-0.15, -0.1) is 10.2 Å². The molecule has 0 spiro atoms. The number of aromatic nitrogens is 2. The van der Waals surface area contributed by atoms with Crippen LogP contribution in [0.1, 0.15) is 18.4 Å². The Morgan fingerprint density at radius 3 is 2.67 bits per heavy atom. The summed E-state index contributed by atoms with van der Waals surface area (Å²) in [5, 5.41) is 21.2. The Hall–Kier alpha value is -2.89. The lowest BCUT2D eigenvalue weighted by molar-refractivity contribution is -0.125. The number of nitrogens with zero attached hydrogens (tertiary/aromatic N) is 3. The van der Waals surface area contributed by atoms with E-state index in [0.717, 1.165) is 18.4 Å². The number of amides is 1. The van der Waals surface area contributed by atoms with Gasteiger partial charge in [0.1, 0.15) is 11.6 Å². The zero-order valence-electron chi connectivity index (χ0n) is 13.7. The molecule has 0 saturated heterocycles. The molecule has 2 N–H and O–H groups in total. The molecule has 24 heavy (non-hydrogen) atoms. The number of likely N-dealkylation sites (N-methyl/N-ethyl adjacent to an activating group) is 1. The first-order chi connectivity index (χ1) is 11.6. The van der Waals surface area contributed by atoms with Gasteiger partial charge in [-0.2, -0.15) is 0 Å². The van der Waals surface area contributed by atoms with E-state index in [1.54, 1.807) is 42.3 Å². The van der Waals surface area contributed by atoms with Crippen molar-refractivity contribution in [2.45, 2.75) is 18.9 Å². The highest BCUT2D eigenvalue weighted by Crippen LogP contribution is 2.29. The maximum absolute atomic E-state index is 12.0. The maximum atomic E-state index is 12.0. The summed E-state index contributed by atoms with van der Waals surface area (Å²) in [4.78, 5) is 13.7. The van der Waals surface area contributed by atoms with Crippen LogP contribution in [-0.4, -0.2) is 46.2 Å². The monoisotopic (exact) mass is 324 g/mol. The summed E-state index contributed by atoms with van der Waals surface area (Å²) in [6.07, 6.45) is 5.41. The van der Waals surface area contributed by atoms with Gasteiger partial charge in [-0.25, -0.2) is 0 Å². The van der Waals surface area contributed by atoms with Crippen LogP contribution in [0.15, 0.2) is 36.4 Å². The number of nitrogens with one attached hydrogen (secondary N) is 1. The topological polar surface area (TPSA) is 78.4 Å². The van der Waals surface area contributed by atoms with Crippen LogP contribution in [-0.2, 0) is 4.79 Å². The Morgan fingerprint density at radius 2 is 2.08 bits per heavy atom. The van der Waals surface area contributed by atoms with Crippen LogP contribution >= 0.6 is 0 Å². The molecule has 0 bridgehead atoms. The minimum absolute atomic E-state index is 0.0189. The first kappa shape index (κ1) is 16.0. The Kier molecular flexibility index (Phi) is 4.46. The lowest BCUT2D eigenvalue weighted by atomic mass is 10.1. The van der Waals surface area contributed by atoms with Crippen molar-refractivity contribution in [3.05, 3.63) is 42.0 Å². The molecular weight excluding hydrogens is 304 g/mol. The fraction of sp³-hybridized carbons (Fsp3) is 0.278. The minimum atomic E-state index is -0.0189. The van der Waals surface area contributed by atoms with E-state index in [9.17, 15) is 9.90 Å². The van der Waals surface area contributed by atoms with Crippen LogP contribution in [0, 0.1) is 0 Å². The third kappa shape index (κ3) is 3.53. The van der Waals surface area contributed by atoms with Gasteiger partial charge in [-0.1, -0.05) is 6.07 Å². The average Bonchev–Trinajstić information content (AvgIpc) is 3.44. The zero-order chi connectivity index (χ0) is 17.1. The van der Waals surface area contributed by atoms with Crippen molar-refractivity contribution < 1.29 is 9.90 Å². The van der Waals surface area contributed by atoms with Crippen molar-refractivity contribution in [1.29, 1.82) is 0 Å². The molecule has 6 nitrogen and oxygen atoms in total. The maximum Gasteiger partial charge on any atom is 0.246 e. The van der Waals surface area contributed by atoms with Gasteiger partial charge in [0.15, 0.2) is 0 Å². The van der Waals surface area contributed by atoms with E-state index in [4.69, 9.17) is 0 Å². The standard InChI is InChI=1S/C18H20N4O2/c1-19-17-9-8-15(20-21-17)14-7-3-12(11-16(14)23)4-10-18(24)22(2)13-5-6-13/h3-4,7-11,13,23H,5-6H2,1-2H3,(H,19,21)/b10-4+. The summed E-state index contributed by atoms with van der Waals surface area (Å²) in [5.41, 5.74) is 1.95. The van der Waals surface area contributed by atoms with E-state index in [1.165, 1.54) is 6.08 Å². The molecule has 0 unspecified atom stereocenters. The molecule has 0 radical (unpaired) electrons. The number of phenols is 1. The van der Waals surface area contributed by atoms with E-state index in [1.807, 2.05) is 13.1 Å². The minimum Gasteiger partial charge on any atom is -0.507 e. The first-order valence-corrected chi connectivity index (χ1v) is 7.88. The van der Waals surface area contributed by atoms with Gasteiger partial charge >= 0.3 is 0 Å². The largest absolute Gasteiger partial charge is 0.507 e. The molecule has 1 aliphatic rings. The molecule has 1 amide bonds. The summed E-state index contributed by atoms with van der Waals surface area (Å²) in [6, 6.07) is 9.19. The number of phenolic OH excluding ortho intramolecular Hbond substituents is 1. The average molecular weight is 324 g/mol. The highest BCUT2D eigenvalue weighted by Gasteiger charge is 2.28. The third-order valence-electron chi connectivity index (χ3n) is 4.08. The van der Waals surface area contributed by atoms with Crippen LogP contribution < -0.4 is 5.32 Å². The molecule has 0 aliphatic heterocycles. The Morgan fingerprint density at radius 1 is 1.29 bits per heavy atom. The summed E-state index contributed by atoms with van der Waals surface area (Å²) in [5.74, 6) is 0.748. The van der Waals surface area contributed by atoms with Crippen LogP contribution in [0.25, 0.3) is 17.3 Å². The molecule has 1 aromatic heterocycles. The molecule has 1 aliphatic carbocycles. The van der Waals surface area contributed by atoms with Crippen LogP contribution in [0.4, 0.5) is 5.82 Å². The van der Waals surface area contributed by atoms with E-state index < -0.39 is 0 Å². The van der Waals surface area contributed by atoms with Gasteiger partial charge in [0, 0.05) is 31.8 Å². The number of benzene rings is 1. The smallest absolute Gasteiger partial charge is 0.246 e. The molecule has 1 fully saturated rings. The van der Waals surface area contributed by atoms with Gasteiger partial charge < -0.3 is 15.3 Å². The van der Waals surface area contributed by atoms with Crippen molar-refractivity contribution in [3.63, 3.8) is 0 Å². The van der Waals surface area contributed by atoms with Gasteiger partial charge in [0.25, 0.3) is 0 Å². The second kappa shape index (κ2) is 6.70. The predicted octanol–water partition coefficient (Wildman–Crippen LogP) is 2.52. The fourth-order valence-electron chi connectivity index (χ4n) is 2.41. The molecule has 1 aromatic carbocycles. The molecule has 1 saturated carbocycles. The van der Waals surface area contributed by atoms with Crippen molar-refractivity contribution in [3.8, 4) is 17.0 Å². The molecule has 2 aromatic rings. The van der Waals surface area contributed by atoms with Crippen molar-refractivity contribution in [2.24, 2.45) is 0 Å². The normalized spacial score (nSPS) is 13.9. The Labute approximate surface area is 140 Å². The number of hydrogen-bond acceptors (Lipinski definition) is 5. The summed E-state index contributed by atoms with van der Waals surface area (Å²) < 4.78 is 0. The fourth-order valence-corrected chi connectivity index (χ4v) is 2.41. The summed E-state index contributed by atoms with van der Waals surface area (Å²) >= 11 is 0. The van der Waals surface area contributed by atoms with Gasteiger partial charge in [0.05, 0.1) is 5.69 Å².